The number of alkyl carbamates (subject to hydrolysis) is 1. The van der Waals surface area contributed by atoms with E-state index in [1.807, 2.05) is 58.9 Å². The van der Waals surface area contributed by atoms with Crippen molar-refractivity contribution >= 4 is 29.0 Å². The number of benzene rings is 2. The summed E-state index contributed by atoms with van der Waals surface area (Å²) in [7, 11) is 1.27. The summed E-state index contributed by atoms with van der Waals surface area (Å²) < 4.78 is 34.6. The van der Waals surface area contributed by atoms with E-state index in [4.69, 9.17) is 38.4 Å². The normalized spacial score (nSPS) is 22.8. The van der Waals surface area contributed by atoms with Crippen molar-refractivity contribution in [3.8, 4) is 34.4 Å². The maximum Gasteiger partial charge on any atom is 0.407 e. The number of methoxy groups -OCH3 is 1. The van der Waals surface area contributed by atoms with Gasteiger partial charge in [0.1, 0.15) is 41.8 Å². The Morgan fingerprint density at radius 2 is 1.83 bits per heavy atom. The van der Waals surface area contributed by atoms with Crippen LogP contribution < -0.4 is 24.3 Å². The minimum absolute atomic E-state index is 0.0292. The number of aromatic nitrogens is 2. The number of ether oxygens (including phenoxy) is 6. The van der Waals surface area contributed by atoms with E-state index in [1.54, 1.807) is 12.1 Å². The molecule has 1 fully saturated rings. The molecule has 13 nitrogen and oxygen atoms in total. The number of fused-ring (bicyclic) bond motifs is 9. The van der Waals surface area contributed by atoms with E-state index in [0.29, 0.717) is 39.5 Å². The van der Waals surface area contributed by atoms with E-state index < -0.39 is 47.0 Å². The topological polar surface area (TPSA) is 148 Å². The van der Waals surface area contributed by atoms with Gasteiger partial charge in [0.05, 0.1) is 25.8 Å². The van der Waals surface area contributed by atoms with Crippen LogP contribution in [0.4, 0.5) is 4.79 Å². The number of nitrogens with zero attached hydrogens (tertiary/aromatic N) is 3. The highest BCUT2D eigenvalue weighted by Crippen LogP contribution is 2.41. The zero-order valence-corrected chi connectivity index (χ0v) is 26.7. The van der Waals surface area contributed by atoms with Crippen LogP contribution in [0.2, 0.25) is 0 Å². The Bertz CT molecular complexity index is 1690. The molecule has 1 unspecified atom stereocenters. The van der Waals surface area contributed by atoms with Gasteiger partial charge >= 0.3 is 12.1 Å². The Morgan fingerprint density at radius 1 is 1.04 bits per heavy atom. The van der Waals surface area contributed by atoms with Crippen molar-refractivity contribution in [3.63, 3.8) is 0 Å². The standard InChI is InChI=1S/C33H38N4O9/c1-32(2,3)27-29(38)37-14-20(13-22(37)30(39)41-6)46-28-24(35-25-21(34-28)10-11-23-26(25)45-17-44-23)18-8-7-9-19(12-18)42-15-33(4,5)16-43-31(40)36-27/h7-12,20,22,27H,13-17H2,1-6H3,(H,36,40)/t20?,22-,27+/m0/s1. The van der Waals surface area contributed by atoms with Crippen molar-refractivity contribution < 1.29 is 42.8 Å². The molecule has 0 aliphatic carbocycles. The first-order chi connectivity index (χ1) is 21.8. The van der Waals surface area contributed by atoms with Crippen LogP contribution in [0.1, 0.15) is 41.0 Å². The maximum atomic E-state index is 14.1. The van der Waals surface area contributed by atoms with Gasteiger partial charge in [-0.25, -0.2) is 19.6 Å². The Balaban J connectivity index is 1.46. The molecule has 1 aromatic heterocycles. The summed E-state index contributed by atoms with van der Waals surface area (Å²) in [6.07, 6.45) is -1.26. The third kappa shape index (κ3) is 6.18. The number of esters is 1. The molecular weight excluding hydrogens is 596 g/mol. The minimum atomic E-state index is -1.01. The van der Waals surface area contributed by atoms with Gasteiger partial charge in [0.25, 0.3) is 0 Å². The number of nitrogens with one attached hydrogen (secondary N) is 1. The van der Waals surface area contributed by atoms with Crippen LogP contribution in [-0.4, -0.2) is 84.7 Å². The van der Waals surface area contributed by atoms with Crippen LogP contribution in [-0.2, 0) is 19.1 Å². The van der Waals surface area contributed by atoms with Crippen LogP contribution >= 0.6 is 0 Å². The van der Waals surface area contributed by atoms with Gasteiger partial charge in [-0.3, -0.25) is 4.79 Å². The van der Waals surface area contributed by atoms with Gasteiger partial charge in [-0.1, -0.05) is 46.8 Å². The summed E-state index contributed by atoms with van der Waals surface area (Å²) in [5.41, 5.74) is 0.809. The van der Waals surface area contributed by atoms with Gasteiger partial charge in [-0.15, -0.1) is 0 Å². The predicted octanol–water partition coefficient (Wildman–Crippen LogP) is 4.11. The molecule has 4 heterocycles. The third-order valence-corrected chi connectivity index (χ3v) is 8.14. The molecule has 6 rings (SSSR count). The molecular formula is C33H38N4O9. The molecule has 3 aliphatic heterocycles. The van der Waals surface area contributed by atoms with Gasteiger partial charge in [0.2, 0.25) is 18.6 Å². The molecule has 0 saturated carbocycles. The number of carbonyl (C=O) groups excluding carboxylic acids is 3. The van der Waals surface area contributed by atoms with E-state index in [-0.39, 0.29) is 38.9 Å². The smallest absolute Gasteiger partial charge is 0.407 e. The van der Waals surface area contributed by atoms with Gasteiger partial charge in [-0.05, 0) is 29.7 Å². The number of rotatable bonds is 1. The first kappa shape index (κ1) is 31.2. The summed E-state index contributed by atoms with van der Waals surface area (Å²) >= 11 is 0. The summed E-state index contributed by atoms with van der Waals surface area (Å²) in [5.74, 6) is 0.778. The average molecular weight is 635 g/mol. The van der Waals surface area contributed by atoms with E-state index in [2.05, 4.69) is 5.32 Å². The highest BCUT2D eigenvalue weighted by molar-refractivity contribution is 5.91. The van der Waals surface area contributed by atoms with E-state index in [1.165, 1.54) is 12.0 Å². The number of hydrogen-bond donors (Lipinski definition) is 1. The Kier molecular flexibility index (Phi) is 8.03. The molecule has 4 bridgehead atoms. The summed E-state index contributed by atoms with van der Waals surface area (Å²) in [4.78, 5) is 51.3. The Morgan fingerprint density at radius 3 is 2.59 bits per heavy atom. The number of hydrogen-bond acceptors (Lipinski definition) is 11. The first-order valence-corrected chi connectivity index (χ1v) is 15.1. The van der Waals surface area contributed by atoms with Crippen LogP contribution in [0.5, 0.6) is 23.1 Å². The van der Waals surface area contributed by atoms with Gasteiger partial charge in [-0.2, -0.15) is 0 Å². The van der Waals surface area contributed by atoms with Crippen LogP contribution in [0.3, 0.4) is 0 Å². The van der Waals surface area contributed by atoms with Crippen LogP contribution in [0.25, 0.3) is 22.3 Å². The van der Waals surface area contributed by atoms with Gasteiger partial charge in [0, 0.05) is 17.4 Å². The molecule has 0 radical (unpaired) electrons. The number of cyclic esters (lactones) is 1. The fraction of sp³-hybridized carbons (Fsp3) is 0.485. The van der Waals surface area contributed by atoms with Gasteiger partial charge in [0.15, 0.2) is 11.5 Å². The van der Waals surface area contributed by atoms with Crippen LogP contribution in [0, 0.1) is 10.8 Å². The zero-order valence-electron chi connectivity index (χ0n) is 26.7. The lowest BCUT2D eigenvalue weighted by Gasteiger charge is -2.35. The fourth-order valence-electron chi connectivity index (χ4n) is 5.67. The van der Waals surface area contributed by atoms with Crippen LogP contribution in [0.15, 0.2) is 36.4 Å². The van der Waals surface area contributed by atoms with Crippen molar-refractivity contribution in [2.75, 3.05) is 33.7 Å². The SMILES string of the molecule is COC(=O)[C@@H]1CC2CN1C(=O)[C@H](C(C)(C)C)NC(=O)OCC(C)(C)COc1cccc(c1)-c1nc3c4c(ccc3nc1O2)OCO4. The second-order valence-corrected chi connectivity index (χ2v) is 13.5. The number of amides is 2. The minimum Gasteiger partial charge on any atom is -0.493 e. The molecule has 13 heteroatoms. The molecule has 1 saturated heterocycles. The van der Waals surface area contributed by atoms with E-state index in [9.17, 15) is 14.4 Å². The molecule has 0 spiro atoms. The monoisotopic (exact) mass is 634 g/mol. The molecule has 46 heavy (non-hydrogen) atoms. The predicted molar refractivity (Wildman–Crippen MR) is 165 cm³/mol. The third-order valence-electron chi connectivity index (χ3n) is 8.14. The highest BCUT2D eigenvalue weighted by atomic mass is 16.7. The quantitative estimate of drug-likeness (QED) is 0.386. The molecule has 244 valence electrons. The lowest BCUT2D eigenvalue weighted by atomic mass is 9.85. The second kappa shape index (κ2) is 11.8. The van der Waals surface area contributed by atoms with Gasteiger partial charge < -0.3 is 38.6 Å². The Labute approximate surface area is 266 Å². The molecule has 1 N–H and O–H groups in total. The fourth-order valence-corrected chi connectivity index (χ4v) is 5.67. The van der Waals surface area contributed by atoms with E-state index >= 15 is 0 Å². The van der Waals surface area contributed by atoms with Crippen molar-refractivity contribution in [2.24, 2.45) is 10.8 Å². The van der Waals surface area contributed by atoms with E-state index in [0.717, 1.165) is 0 Å². The average Bonchev–Trinajstić information content (AvgIpc) is 3.68. The molecule has 2 aromatic carbocycles. The zero-order chi connectivity index (χ0) is 32.8. The first-order valence-electron chi connectivity index (χ1n) is 15.1. The van der Waals surface area contributed by atoms with Crippen molar-refractivity contribution in [1.29, 1.82) is 0 Å². The molecule has 2 amide bonds. The summed E-state index contributed by atoms with van der Waals surface area (Å²) in [5, 5.41) is 2.74. The van der Waals surface area contributed by atoms with Crippen molar-refractivity contribution in [3.05, 3.63) is 36.4 Å². The van der Waals surface area contributed by atoms with Crippen molar-refractivity contribution in [1.82, 2.24) is 20.2 Å². The molecule has 3 atom stereocenters. The largest absolute Gasteiger partial charge is 0.493 e. The molecule has 3 aromatic rings. The summed E-state index contributed by atoms with van der Waals surface area (Å²) in [6, 6.07) is 8.92. The Hall–Kier alpha value is -4.81. The summed E-state index contributed by atoms with van der Waals surface area (Å²) in [6.45, 7) is 9.66. The lowest BCUT2D eigenvalue weighted by Crippen LogP contribution is -2.57. The molecule has 3 aliphatic rings. The second-order valence-electron chi connectivity index (χ2n) is 13.5. The lowest BCUT2D eigenvalue weighted by molar-refractivity contribution is -0.152. The van der Waals surface area contributed by atoms with Crippen molar-refractivity contribution in [2.45, 2.75) is 59.2 Å². The number of carbonyl (C=O) groups is 3. The maximum absolute atomic E-state index is 14.1. The highest BCUT2D eigenvalue weighted by Gasteiger charge is 2.47.